The largest absolute Gasteiger partial charge is 0.360 e. The van der Waals surface area contributed by atoms with Crippen molar-refractivity contribution in [3.05, 3.63) is 11.8 Å². The number of nitrogens with one attached hydrogen (secondary N) is 2. The van der Waals surface area contributed by atoms with Gasteiger partial charge < -0.3 is 15.2 Å². The Morgan fingerprint density at radius 1 is 1.39 bits per heavy atom. The van der Waals surface area contributed by atoms with Crippen LogP contribution in [-0.2, 0) is 9.59 Å². The molecule has 0 unspecified atom stereocenters. The Kier molecular flexibility index (Phi) is 4.47. The Hall–Kier alpha value is -1.85. The van der Waals surface area contributed by atoms with Gasteiger partial charge in [0.25, 0.3) is 0 Å². The summed E-state index contributed by atoms with van der Waals surface area (Å²) in [6.45, 7) is 7.51. The van der Waals surface area contributed by atoms with Gasteiger partial charge in [0.2, 0.25) is 11.8 Å². The van der Waals surface area contributed by atoms with Crippen LogP contribution < -0.4 is 10.6 Å². The average molecular weight is 253 g/mol. The zero-order chi connectivity index (χ0) is 13.8. The van der Waals surface area contributed by atoms with E-state index in [1.54, 1.807) is 13.0 Å². The summed E-state index contributed by atoms with van der Waals surface area (Å²) in [6, 6.07) is 1.63. The van der Waals surface area contributed by atoms with Crippen LogP contribution in [0, 0.1) is 12.3 Å². The molecule has 0 aliphatic heterocycles. The van der Waals surface area contributed by atoms with E-state index in [1.165, 1.54) is 0 Å². The monoisotopic (exact) mass is 253 g/mol. The van der Waals surface area contributed by atoms with Crippen LogP contribution in [0.2, 0.25) is 0 Å². The van der Waals surface area contributed by atoms with Gasteiger partial charge in [0.1, 0.15) is 5.76 Å². The number of amides is 2. The molecule has 0 aliphatic carbocycles. The minimum absolute atomic E-state index is 0.0763. The molecule has 0 saturated carbocycles. The number of nitrogens with zero attached hydrogens (tertiary/aromatic N) is 1. The maximum absolute atomic E-state index is 11.5. The number of carbonyl (C=O) groups excluding carboxylic acids is 2. The second kappa shape index (κ2) is 5.66. The Labute approximate surface area is 106 Å². The maximum atomic E-state index is 11.5. The second-order valence-corrected chi connectivity index (χ2v) is 5.13. The first-order valence-corrected chi connectivity index (χ1v) is 5.80. The van der Waals surface area contributed by atoms with Gasteiger partial charge in [0.15, 0.2) is 5.82 Å². The molecular weight excluding hydrogens is 234 g/mol. The molecule has 0 bridgehead atoms. The predicted octanol–water partition coefficient (Wildman–Crippen LogP) is 1.47. The number of aromatic nitrogens is 1. The summed E-state index contributed by atoms with van der Waals surface area (Å²) in [4.78, 5) is 23.0. The minimum atomic E-state index is -0.445. The lowest BCUT2D eigenvalue weighted by atomic mass is 9.96. The van der Waals surface area contributed by atoms with Crippen molar-refractivity contribution >= 4 is 17.6 Å². The van der Waals surface area contributed by atoms with Crippen molar-refractivity contribution in [1.29, 1.82) is 0 Å². The number of hydrogen-bond donors (Lipinski definition) is 2. The molecule has 1 heterocycles. The Bertz CT molecular complexity index is 432. The van der Waals surface area contributed by atoms with E-state index < -0.39 is 5.41 Å². The quantitative estimate of drug-likeness (QED) is 0.851. The highest BCUT2D eigenvalue weighted by molar-refractivity contribution is 5.90. The van der Waals surface area contributed by atoms with Gasteiger partial charge in [-0.05, 0) is 6.92 Å². The fourth-order valence-electron chi connectivity index (χ4n) is 1.19. The fourth-order valence-corrected chi connectivity index (χ4v) is 1.19. The van der Waals surface area contributed by atoms with E-state index >= 15 is 0 Å². The van der Waals surface area contributed by atoms with Crippen molar-refractivity contribution in [2.45, 2.75) is 34.1 Å². The highest BCUT2D eigenvalue weighted by Gasteiger charge is 2.20. The number of rotatable bonds is 4. The molecule has 0 spiro atoms. The minimum Gasteiger partial charge on any atom is -0.360 e. The molecule has 0 saturated heterocycles. The third-order valence-corrected chi connectivity index (χ3v) is 2.21. The van der Waals surface area contributed by atoms with Gasteiger partial charge in [-0.25, -0.2) is 0 Å². The summed E-state index contributed by atoms with van der Waals surface area (Å²) in [5, 5.41) is 8.92. The molecule has 2 amide bonds. The molecule has 0 radical (unpaired) electrons. The van der Waals surface area contributed by atoms with E-state index in [9.17, 15) is 9.59 Å². The molecular formula is C12H19N3O3. The van der Waals surface area contributed by atoms with Crippen LogP contribution in [0.1, 0.15) is 33.0 Å². The molecule has 0 fully saturated rings. The summed E-state index contributed by atoms with van der Waals surface area (Å²) < 4.78 is 4.82. The fraction of sp³-hybridized carbons (Fsp3) is 0.583. The van der Waals surface area contributed by atoms with Crippen LogP contribution in [0.25, 0.3) is 0 Å². The highest BCUT2D eigenvalue weighted by atomic mass is 16.5. The van der Waals surface area contributed by atoms with E-state index in [0.717, 1.165) is 0 Å². The summed E-state index contributed by atoms with van der Waals surface area (Å²) in [5.74, 6) is 0.732. The lowest BCUT2D eigenvalue weighted by Gasteiger charge is -2.17. The molecule has 1 aromatic heterocycles. The number of hydrogen-bond acceptors (Lipinski definition) is 4. The first-order chi connectivity index (χ1) is 8.29. The Morgan fingerprint density at radius 2 is 2.06 bits per heavy atom. The first kappa shape index (κ1) is 14.2. The highest BCUT2D eigenvalue weighted by Crippen LogP contribution is 2.12. The van der Waals surface area contributed by atoms with E-state index in [2.05, 4.69) is 15.8 Å². The van der Waals surface area contributed by atoms with Gasteiger partial charge in [0, 0.05) is 24.4 Å². The summed E-state index contributed by atoms with van der Waals surface area (Å²) >= 11 is 0. The smallest absolute Gasteiger partial charge is 0.227 e. The SMILES string of the molecule is Cc1cc(NC(=O)CCNC(=O)C(C)(C)C)no1. The van der Waals surface area contributed by atoms with E-state index in [-0.39, 0.29) is 18.2 Å². The van der Waals surface area contributed by atoms with Crippen molar-refractivity contribution in [3.8, 4) is 0 Å². The standard InChI is InChI=1S/C12H19N3O3/c1-8-7-9(15-18-8)14-10(16)5-6-13-11(17)12(2,3)4/h7H,5-6H2,1-4H3,(H,13,17)(H,14,15,16). The lowest BCUT2D eigenvalue weighted by Crippen LogP contribution is -2.36. The van der Waals surface area contributed by atoms with E-state index in [1.807, 2.05) is 20.8 Å². The van der Waals surface area contributed by atoms with Crippen LogP contribution >= 0.6 is 0 Å². The zero-order valence-electron chi connectivity index (χ0n) is 11.2. The molecule has 0 atom stereocenters. The molecule has 6 nitrogen and oxygen atoms in total. The Morgan fingerprint density at radius 3 is 2.56 bits per heavy atom. The topological polar surface area (TPSA) is 84.2 Å². The third-order valence-electron chi connectivity index (χ3n) is 2.21. The molecule has 6 heteroatoms. The van der Waals surface area contributed by atoms with Crippen LogP contribution in [0.5, 0.6) is 0 Å². The normalized spacial score (nSPS) is 11.1. The average Bonchev–Trinajstić information content (AvgIpc) is 2.62. The maximum Gasteiger partial charge on any atom is 0.227 e. The van der Waals surface area contributed by atoms with Crippen LogP contribution in [0.3, 0.4) is 0 Å². The zero-order valence-corrected chi connectivity index (χ0v) is 11.2. The van der Waals surface area contributed by atoms with Crippen molar-refractivity contribution in [1.82, 2.24) is 10.5 Å². The summed E-state index contributed by atoms with van der Waals surface area (Å²) in [6.07, 6.45) is 0.202. The molecule has 0 aromatic carbocycles. The molecule has 1 aromatic rings. The number of aryl methyl sites for hydroxylation is 1. The molecule has 0 aliphatic rings. The van der Waals surface area contributed by atoms with Crippen molar-refractivity contribution in [2.24, 2.45) is 5.41 Å². The van der Waals surface area contributed by atoms with Crippen LogP contribution in [-0.4, -0.2) is 23.5 Å². The van der Waals surface area contributed by atoms with Gasteiger partial charge in [0.05, 0.1) is 0 Å². The van der Waals surface area contributed by atoms with Crippen LogP contribution in [0.15, 0.2) is 10.6 Å². The predicted molar refractivity (Wildman–Crippen MR) is 67.0 cm³/mol. The van der Waals surface area contributed by atoms with E-state index in [4.69, 9.17) is 4.52 Å². The Balaban J connectivity index is 2.28. The van der Waals surface area contributed by atoms with Gasteiger partial charge in [-0.2, -0.15) is 0 Å². The van der Waals surface area contributed by atoms with Crippen molar-refractivity contribution in [3.63, 3.8) is 0 Å². The van der Waals surface area contributed by atoms with Gasteiger partial charge in [-0.3, -0.25) is 9.59 Å². The first-order valence-electron chi connectivity index (χ1n) is 5.80. The lowest BCUT2D eigenvalue weighted by molar-refractivity contribution is -0.128. The number of anilines is 1. The van der Waals surface area contributed by atoms with Crippen molar-refractivity contribution in [2.75, 3.05) is 11.9 Å². The molecule has 1 rings (SSSR count). The molecule has 2 N–H and O–H groups in total. The molecule has 18 heavy (non-hydrogen) atoms. The summed E-state index contributed by atoms with van der Waals surface area (Å²) in [7, 11) is 0. The third kappa shape index (κ3) is 4.57. The van der Waals surface area contributed by atoms with Gasteiger partial charge in [-0.1, -0.05) is 25.9 Å². The molecule has 100 valence electrons. The van der Waals surface area contributed by atoms with Gasteiger partial charge in [-0.15, -0.1) is 0 Å². The second-order valence-electron chi connectivity index (χ2n) is 5.13. The summed E-state index contributed by atoms with van der Waals surface area (Å²) in [5.41, 5.74) is -0.445. The van der Waals surface area contributed by atoms with Gasteiger partial charge >= 0.3 is 0 Å². The van der Waals surface area contributed by atoms with Crippen LogP contribution in [0.4, 0.5) is 5.82 Å². The number of carbonyl (C=O) groups is 2. The van der Waals surface area contributed by atoms with E-state index in [0.29, 0.717) is 18.1 Å². The van der Waals surface area contributed by atoms with Crippen molar-refractivity contribution < 1.29 is 14.1 Å².